The molecule has 1 atom stereocenters. The lowest BCUT2D eigenvalue weighted by Crippen LogP contribution is -2.56. The Bertz CT molecular complexity index is 219. The van der Waals surface area contributed by atoms with Crippen molar-refractivity contribution in [1.29, 1.82) is 0 Å². The third kappa shape index (κ3) is 6.55. The summed E-state index contributed by atoms with van der Waals surface area (Å²) in [7, 11) is 1.78. The van der Waals surface area contributed by atoms with Crippen LogP contribution in [0.2, 0.25) is 0 Å². The van der Waals surface area contributed by atoms with Crippen molar-refractivity contribution in [3.05, 3.63) is 0 Å². The molecule has 0 heterocycles. The van der Waals surface area contributed by atoms with Crippen LogP contribution in [-0.4, -0.2) is 43.3 Å². The maximum atomic E-state index is 6.16. The predicted molar refractivity (Wildman–Crippen MR) is 89.2 cm³/mol. The highest BCUT2D eigenvalue weighted by atomic mass is 16.5. The van der Waals surface area contributed by atoms with Crippen molar-refractivity contribution in [3.8, 4) is 0 Å². The van der Waals surface area contributed by atoms with Crippen LogP contribution >= 0.6 is 0 Å². The van der Waals surface area contributed by atoms with E-state index in [1.54, 1.807) is 7.11 Å². The van der Waals surface area contributed by atoms with Crippen molar-refractivity contribution < 1.29 is 4.74 Å². The van der Waals surface area contributed by atoms with E-state index >= 15 is 0 Å². The molecule has 122 valence electrons. The molecule has 0 amide bonds. The van der Waals surface area contributed by atoms with Crippen molar-refractivity contribution in [2.24, 2.45) is 5.73 Å². The minimum atomic E-state index is 0.114. The SMILES string of the molecule is CCCCCCC(C)(CN)N(CCOC)C(CC)CC. The average molecular weight is 287 g/mol. The van der Waals surface area contributed by atoms with Gasteiger partial charge in [-0.1, -0.05) is 46.5 Å². The van der Waals surface area contributed by atoms with Gasteiger partial charge in [0.1, 0.15) is 0 Å². The van der Waals surface area contributed by atoms with Crippen LogP contribution < -0.4 is 5.73 Å². The predicted octanol–water partition coefficient (Wildman–Crippen LogP) is 3.81. The maximum Gasteiger partial charge on any atom is 0.0590 e. The molecule has 1 unspecified atom stereocenters. The Morgan fingerprint density at radius 1 is 1.10 bits per heavy atom. The van der Waals surface area contributed by atoms with Crippen LogP contribution in [0.15, 0.2) is 0 Å². The first kappa shape index (κ1) is 19.9. The van der Waals surface area contributed by atoms with Crippen molar-refractivity contribution in [2.45, 2.75) is 84.2 Å². The summed E-state index contributed by atoms with van der Waals surface area (Å²) in [6.45, 7) is 11.7. The number of hydrogen-bond donors (Lipinski definition) is 1. The minimum absolute atomic E-state index is 0.114. The lowest BCUT2D eigenvalue weighted by Gasteiger charge is -2.45. The van der Waals surface area contributed by atoms with Gasteiger partial charge in [0.2, 0.25) is 0 Å². The van der Waals surface area contributed by atoms with Crippen molar-refractivity contribution in [3.63, 3.8) is 0 Å². The quantitative estimate of drug-likeness (QED) is 0.523. The van der Waals surface area contributed by atoms with Gasteiger partial charge in [-0.25, -0.2) is 0 Å². The molecular formula is C17H38N2O. The lowest BCUT2D eigenvalue weighted by molar-refractivity contribution is 0.0232. The molecule has 0 saturated carbocycles. The number of methoxy groups -OCH3 is 1. The monoisotopic (exact) mass is 286 g/mol. The summed E-state index contributed by atoms with van der Waals surface area (Å²) >= 11 is 0. The molecule has 0 aromatic rings. The fourth-order valence-electron chi connectivity index (χ4n) is 3.11. The number of nitrogens with zero attached hydrogens (tertiary/aromatic N) is 1. The normalized spacial score (nSPS) is 15.0. The van der Waals surface area contributed by atoms with Gasteiger partial charge in [0.05, 0.1) is 6.61 Å². The number of nitrogens with two attached hydrogens (primary N) is 1. The first-order valence-corrected chi connectivity index (χ1v) is 8.55. The second kappa shape index (κ2) is 11.5. The first-order valence-electron chi connectivity index (χ1n) is 8.55. The summed E-state index contributed by atoms with van der Waals surface area (Å²) in [5.41, 5.74) is 6.27. The Kier molecular flexibility index (Phi) is 11.5. The van der Waals surface area contributed by atoms with Gasteiger partial charge in [0.15, 0.2) is 0 Å². The topological polar surface area (TPSA) is 38.5 Å². The highest BCUT2D eigenvalue weighted by molar-refractivity contribution is 4.90. The van der Waals surface area contributed by atoms with Crippen LogP contribution in [0.5, 0.6) is 0 Å². The van der Waals surface area contributed by atoms with Gasteiger partial charge in [-0.3, -0.25) is 4.90 Å². The molecule has 0 fully saturated rings. The Hall–Kier alpha value is -0.120. The van der Waals surface area contributed by atoms with Crippen LogP contribution in [0.25, 0.3) is 0 Å². The number of ether oxygens (including phenoxy) is 1. The minimum Gasteiger partial charge on any atom is -0.383 e. The summed E-state index contributed by atoms with van der Waals surface area (Å²) < 4.78 is 5.31. The molecule has 0 aromatic heterocycles. The molecule has 0 bridgehead atoms. The van der Waals surface area contributed by atoms with E-state index in [4.69, 9.17) is 10.5 Å². The fraction of sp³-hybridized carbons (Fsp3) is 1.00. The molecule has 20 heavy (non-hydrogen) atoms. The first-order chi connectivity index (χ1) is 9.59. The van der Waals surface area contributed by atoms with E-state index in [0.29, 0.717) is 6.04 Å². The number of rotatable bonds is 13. The Labute approximate surface area is 127 Å². The second-order valence-corrected chi connectivity index (χ2v) is 6.17. The summed E-state index contributed by atoms with van der Waals surface area (Å²) in [6, 6.07) is 0.616. The fourth-order valence-corrected chi connectivity index (χ4v) is 3.11. The van der Waals surface area contributed by atoms with Crippen molar-refractivity contribution >= 4 is 0 Å². The summed E-state index contributed by atoms with van der Waals surface area (Å²) in [5, 5.41) is 0. The zero-order valence-electron chi connectivity index (χ0n) is 14.6. The summed E-state index contributed by atoms with van der Waals surface area (Å²) in [4.78, 5) is 2.61. The molecule has 0 aliphatic heterocycles. The third-order valence-corrected chi connectivity index (χ3v) is 4.62. The summed E-state index contributed by atoms with van der Waals surface area (Å²) in [5.74, 6) is 0. The van der Waals surface area contributed by atoms with Crippen LogP contribution in [0.3, 0.4) is 0 Å². The van der Waals surface area contributed by atoms with E-state index in [9.17, 15) is 0 Å². The van der Waals surface area contributed by atoms with Gasteiger partial charge in [0.25, 0.3) is 0 Å². The van der Waals surface area contributed by atoms with E-state index in [1.165, 1.54) is 44.9 Å². The van der Waals surface area contributed by atoms with Gasteiger partial charge < -0.3 is 10.5 Å². The highest BCUT2D eigenvalue weighted by Gasteiger charge is 2.33. The molecule has 3 nitrogen and oxygen atoms in total. The molecular weight excluding hydrogens is 248 g/mol. The van der Waals surface area contributed by atoms with E-state index in [2.05, 4.69) is 32.6 Å². The lowest BCUT2D eigenvalue weighted by atomic mass is 9.89. The average Bonchev–Trinajstić information content (AvgIpc) is 2.47. The van der Waals surface area contributed by atoms with Crippen molar-refractivity contribution in [2.75, 3.05) is 26.8 Å². The smallest absolute Gasteiger partial charge is 0.0590 e. The molecule has 3 heteroatoms. The van der Waals surface area contributed by atoms with Crippen molar-refractivity contribution in [1.82, 2.24) is 4.90 Å². The molecule has 0 saturated heterocycles. The Balaban J connectivity index is 4.74. The largest absolute Gasteiger partial charge is 0.383 e. The molecule has 2 N–H and O–H groups in total. The zero-order chi connectivity index (χ0) is 15.4. The zero-order valence-corrected chi connectivity index (χ0v) is 14.6. The van der Waals surface area contributed by atoms with E-state index < -0.39 is 0 Å². The van der Waals surface area contributed by atoms with Gasteiger partial charge in [-0.2, -0.15) is 0 Å². The van der Waals surface area contributed by atoms with Crippen LogP contribution in [-0.2, 0) is 4.74 Å². The summed E-state index contributed by atoms with van der Waals surface area (Å²) in [6.07, 6.45) is 8.81. The van der Waals surface area contributed by atoms with Gasteiger partial charge in [-0.15, -0.1) is 0 Å². The highest BCUT2D eigenvalue weighted by Crippen LogP contribution is 2.26. The van der Waals surface area contributed by atoms with Crippen LogP contribution in [0, 0.1) is 0 Å². The molecule has 0 radical (unpaired) electrons. The molecule has 0 rings (SSSR count). The Morgan fingerprint density at radius 3 is 2.20 bits per heavy atom. The third-order valence-electron chi connectivity index (χ3n) is 4.62. The van der Waals surface area contributed by atoms with Crippen LogP contribution in [0.4, 0.5) is 0 Å². The molecule has 0 aromatic carbocycles. The molecule has 0 aliphatic rings. The van der Waals surface area contributed by atoms with Gasteiger partial charge in [0, 0.05) is 31.8 Å². The van der Waals surface area contributed by atoms with Crippen LogP contribution in [0.1, 0.15) is 72.6 Å². The molecule has 0 spiro atoms. The number of hydrogen-bond acceptors (Lipinski definition) is 3. The number of unbranched alkanes of at least 4 members (excludes halogenated alkanes) is 3. The van der Waals surface area contributed by atoms with Gasteiger partial charge in [-0.05, 0) is 26.2 Å². The second-order valence-electron chi connectivity index (χ2n) is 6.17. The van der Waals surface area contributed by atoms with E-state index in [-0.39, 0.29) is 5.54 Å². The maximum absolute atomic E-state index is 6.16. The van der Waals surface area contributed by atoms with E-state index in [1.807, 2.05) is 0 Å². The van der Waals surface area contributed by atoms with Gasteiger partial charge >= 0.3 is 0 Å². The Morgan fingerprint density at radius 2 is 1.75 bits per heavy atom. The molecule has 0 aliphatic carbocycles. The van der Waals surface area contributed by atoms with E-state index in [0.717, 1.165) is 19.7 Å². The standard InChI is InChI=1S/C17H38N2O/c1-6-9-10-11-12-17(4,15-18)19(13-14-20-5)16(7-2)8-3/h16H,6-15,18H2,1-5H3.